The van der Waals surface area contributed by atoms with Gasteiger partial charge in [-0.05, 0) is 67.5 Å². The molecule has 2 heterocycles. The molecule has 1 fully saturated rings. The molecule has 150 valence electrons. The number of fused-ring (bicyclic) bond motifs is 2. The molecule has 2 aliphatic heterocycles. The maximum atomic E-state index is 13.0. The number of piperidine rings is 1. The predicted molar refractivity (Wildman–Crippen MR) is 116 cm³/mol. The Morgan fingerprint density at radius 2 is 2.03 bits per heavy atom. The lowest BCUT2D eigenvalue weighted by Gasteiger charge is -2.33. The van der Waals surface area contributed by atoms with E-state index in [2.05, 4.69) is 5.32 Å². The first-order valence-corrected chi connectivity index (χ1v) is 11.1. The molecule has 29 heavy (non-hydrogen) atoms. The third kappa shape index (κ3) is 4.48. The van der Waals surface area contributed by atoms with Crippen LogP contribution in [0.3, 0.4) is 0 Å². The van der Waals surface area contributed by atoms with Crippen molar-refractivity contribution in [2.24, 2.45) is 0 Å². The lowest BCUT2D eigenvalue weighted by atomic mass is 10.0. The fourth-order valence-electron chi connectivity index (χ4n) is 3.75. The molecule has 2 aromatic carbocycles. The molecular formula is C23H24N2O3S. The van der Waals surface area contributed by atoms with Crippen LogP contribution in [0, 0.1) is 0 Å². The van der Waals surface area contributed by atoms with Gasteiger partial charge in [-0.1, -0.05) is 12.1 Å². The van der Waals surface area contributed by atoms with Gasteiger partial charge >= 0.3 is 0 Å². The third-order valence-corrected chi connectivity index (χ3v) is 6.08. The molecule has 1 N–H and O–H groups in total. The summed E-state index contributed by atoms with van der Waals surface area (Å²) in [6.45, 7) is 1.30. The quantitative estimate of drug-likeness (QED) is 0.600. The zero-order valence-corrected chi connectivity index (χ0v) is 17.2. The summed E-state index contributed by atoms with van der Waals surface area (Å²) in [5, 5.41) is 2.84. The maximum Gasteiger partial charge on any atom is 0.258 e. The Kier molecular flexibility index (Phi) is 5.90. The lowest BCUT2D eigenvalue weighted by molar-refractivity contribution is -0.111. The van der Waals surface area contributed by atoms with Gasteiger partial charge in [0.15, 0.2) is 0 Å². The molecule has 0 radical (unpaired) electrons. The van der Waals surface area contributed by atoms with Crippen molar-refractivity contribution in [3.63, 3.8) is 0 Å². The van der Waals surface area contributed by atoms with Crippen LogP contribution < -0.4 is 10.1 Å². The Labute approximate surface area is 175 Å². The largest absolute Gasteiger partial charge is 0.491 e. The summed E-state index contributed by atoms with van der Waals surface area (Å²) in [5.41, 5.74) is 2.06. The first kappa shape index (κ1) is 19.6. The summed E-state index contributed by atoms with van der Waals surface area (Å²) >= 11 is 1.68. The van der Waals surface area contributed by atoms with Gasteiger partial charge in [-0.2, -0.15) is 0 Å². The molecule has 6 heteroatoms. The fourth-order valence-corrected chi connectivity index (χ4v) is 4.16. The number of nitrogens with zero attached hydrogens (tertiary/aromatic N) is 1. The van der Waals surface area contributed by atoms with E-state index in [4.69, 9.17) is 4.74 Å². The highest BCUT2D eigenvalue weighted by Gasteiger charge is 2.32. The third-order valence-electron chi connectivity index (χ3n) is 5.34. The zero-order valence-electron chi connectivity index (χ0n) is 16.4. The van der Waals surface area contributed by atoms with E-state index in [1.165, 1.54) is 11.0 Å². The number of nitrogens with one attached hydrogen (secondary N) is 1. The van der Waals surface area contributed by atoms with Gasteiger partial charge in [0.1, 0.15) is 12.4 Å². The molecule has 1 unspecified atom stereocenters. The van der Waals surface area contributed by atoms with Crippen molar-refractivity contribution < 1.29 is 14.3 Å². The summed E-state index contributed by atoms with van der Waals surface area (Å²) in [6.07, 6.45) is 8.43. The smallest absolute Gasteiger partial charge is 0.258 e. The van der Waals surface area contributed by atoms with E-state index in [9.17, 15) is 9.59 Å². The van der Waals surface area contributed by atoms with Crippen molar-refractivity contribution in [2.45, 2.75) is 30.2 Å². The van der Waals surface area contributed by atoms with Gasteiger partial charge in [-0.3, -0.25) is 9.59 Å². The number of carbonyl (C=O) groups is 2. The number of amides is 2. The summed E-state index contributed by atoms with van der Waals surface area (Å²) in [6, 6.07) is 13.4. The number of anilines is 1. The second kappa shape index (κ2) is 8.74. The molecule has 0 aliphatic carbocycles. The summed E-state index contributed by atoms with van der Waals surface area (Å²) in [7, 11) is 0. The SMILES string of the molecule is CSc1ccc(/C=C/C(=O)Nc2ccc3c(c2)C(=O)N2CCCCC2CO3)cc1. The van der Waals surface area contributed by atoms with Gasteiger partial charge in [-0.25, -0.2) is 0 Å². The minimum atomic E-state index is -0.239. The first-order chi connectivity index (χ1) is 14.1. The van der Waals surface area contributed by atoms with E-state index in [-0.39, 0.29) is 17.9 Å². The van der Waals surface area contributed by atoms with Crippen LogP contribution in [0.2, 0.25) is 0 Å². The van der Waals surface area contributed by atoms with Gasteiger partial charge in [0.25, 0.3) is 5.91 Å². The van der Waals surface area contributed by atoms with Gasteiger partial charge in [0.2, 0.25) is 5.91 Å². The minimum Gasteiger partial charge on any atom is -0.491 e. The maximum absolute atomic E-state index is 13.0. The van der Waals surface area contributed by atoms with E-state index in [0.29, 0.717) is 23.6 Å². The summed E-state index contributed by atoms with van der Waals surface area (Å²) < 4.78 is 5.88. The minimum absolute atomic E-state index is 0.0114. The number of ether oxygens (including phenoxy) is 1. The lowest BCUT2D eigenvalue weighted by Crippen LogP contribution is -2.45. The van der Waals surface area contributed by atoms with E-state index in [1.54, 1.807) is 36.0 Å². The number of thioether (sulfide) groups is 1. The van der Waals surface area contributed by atoms with Crippen LogP contribution in [0.25, 0.3) is 6.08 Å². The van der Waals surface area contributed by atoms with E-state index in [0.717, 1.165) is 31.4 Å². The van der Waals surface area contributed by atoms with Crippen LogP contribution in [0.5, 0.6) is 5.75 Å². The van der Waals surface area contributed by atoms with Crippen LogP contribution >= 0.6 is 11.8 Å². The predicted octanol–water partition coefficient (Wildman–Crippen LogP) is 4.45. The van der Waals surface area contributed by atoms with Crippen molar-refractivity contribution in [3.05, 3.63) is 59.7 Å². The molecule has 1 atom stereocenters. The molecule has 0 spiro atoms. The highest BCUT2D eigenvalue weighted by Crippen LogP contribution is 2.31. The molecule has 0 aromatic heterocycles. The molecule has 1 saturated heterocycles. The van der Waals surface area contributed by atoms with Gasteiger partial charge < -0.3 is 15.0 Å². The highest BCUT2D eigenvalue weighted by atomic mass is 32.2. The standard InChI is InChI=1S/C23H24N2O3S/c1-29-19-9-5-16(6-10-19)7-12-22(26)24-17-8-11-21-20(14-17)23(27)25-13-3-2-4-18(25)15-28-21/h5-12,14,18H,2-4,13,15H2,1H3,(H,24,26)/b12-7+. The van der Waals surface area contributed by atoms with Crippen LogP contribution in [-0.4, -0.2) is 42.2 Å². The molecule has 0 bridgehead atoms. The van der Waals surface area contributed by atoms with E-state index in [1.807, 2.05) is 35.4 Å². The summed E-state index contributed by atoms with van der Waals surface area (Å²) in [5.74, 6) is 0.339. The van der Waals surface area contributed by atoms with Crippen molar-refractivity contribution in [2.75, 3.05) is 24.7 Å². The molecule has 4 rings (SSSR count). The molecule has 2 aromatic rings. The topological polar surface area (TPSA) is 58.6 Å². The van der Waals surface area contributed by atoms with Crippen LogP contribution in [0.1, 0.15) is 35.2 Å². The number of benzene rings is 2. The number of hydrogen-bond donors (Lipinski definition) is 1. The number of hydrogen-bond acceptors (Lipinski definition) is 4. The molecule has 2 amide bonds. The van der Waals surface area contributed by atoms with Crippen LogP contribution in [-0.2, 0) is 4.79 Å². The first-order valence-electron chi connectivity index (χ1n) is 9.85. The Bertz CT molecular complexity index is 940. The van der Waals surface area contributed by atoms with Crippen molar-refractivity contribution in [1.29, 1.82) is 0 Å². The average Bonchev–Trinajstić information content (AvgIpc) is 2.90. The van der Waals surface area contributed by atoms with E-state index >= 15 is 0 Å². The molecule has 0 saturated carbocycles. The second-order valence-corrected chi connectivity index (χ2v) is 8.15. The Hall–Kier alpha value is -2.73. The molecule has 2 aliphatic rings. The second-order valence-electron chi connectivity index (χ2n) is 7.27. The Morgan fingerprint density at radius 3 is 2.83 bits per heavy atom. The highest BCUT2D eigenvalue weighted by molar-refractivity contribution is 7.98. The number of rotatable bonds is 4. The summed E-state index contributed by atoms with van der Waals surface area (Å²) in [4.78, 5) is 28.4. The Balaban J connectivity index is 1.46. The van der Waals surface area contributed by atoms with Gasteiger partial charge in [0.05, 0.1) is 11.6 Å². The zero-order chi connectivity index (χ0) is 20.2. The molecule has 5 nitrogen and oxygen atoms in total. The van der Waals surface area contributed by atoms with Gasteiger partial charge in [-0.15, -0.1) is 11.8 Å². The molecular weight excluding hydrogens is 384 g/mol. The fraction of sp³-hybridized carbons (Fsp3) is 0.304. The normalized spacial score (nSPS) is 18.6. The van der Waals surface area contributed by atoms with Crippen molar-refractivity contribution in [3.8, 4) is 5.75 Å². The van der Waals surface area contributed by atoms with E-state index < -0.39 is 0 Å². The van der Waals surface area contributed by atoms with Gasteiger partial charge in [0, 0.05) is 23.2 Å². The van der Waals surface area contributed by atoms with Crippen molar-refractivity contribution >= 4 is 35.3 Å². The average molecular weight is 409 g/mol. The van der Waals surface area contributed by atoms with Crippen molar-refractivity contribution in [1.82, 2.24) is 4.90 Å². The Morgan fingerprint density at radius 1 is 1.21 bits per heavy atom. The monoisotopic (exact) mass is 408 g/mol. The van der Waals surface area contributed by atoms with Crippen LogP contribution in [0.15, 0.2) is 53.4 Å². The number of carbonyl (C=O) groups excluding carboxylic acids is 2. The van der Waals surface area contributed by atoms with Crippen LogP contribution in [0.4, 0.5) is 5.69 Å².